The van der Waals surface area contributed by atoms with Crippen LogP contribution in [-0.4, -0.2) is 54.7 Å². The van der Waals surface area contributed by atoms with Crippen LogP contribution < -0.4 is 0 Å². The summed E-state index contributed by atoms with van der Waals surface area (Å²) in [6.07, 6.45) is 0.911. The predicted molar refractivity (Wildman–Crippen MR) is 72.1 cm³/mol. The van der Waals surface area contributed by atoms with Crippen molar-refractivity contribution in [2.24, 2.45) is 0 Å². The summed E-state index contributed by atoms with van der Waals surface area (Å²) in [6, 6.07) is 9.31. The highest BCUT2D eigenvalue weighted by Crippen LogP contribution is 2.08. The van der Waals surface area contributed by atoms with Gasteiger partial charge in [0.05, 0.1) is 6.54 Å². The molecule has 0 unspecified atom stereocenters. The molecule has 5 heteroatoms. The van der Waals surface area contributed by atoms with Gasteiger partial charge >= 0.3 is 0 Å². The number of benzene rings is 1. The van der Waals surface area contributed by atoms with Crippen molar-refractivity contribution in [2.45, 2.75) is 0 Å². The van der Waals surface area contributed by atoms with E-state index in [0.29, 0.717) is 19.6 Å². The first-order valence-electron chi connectivity index (χ1n) is 5.81. The van der Waals surface area contributed by atoms with Crippen molar-refractivity contribution in [1.29, 1.82) is 0 Å². The maximum Gasteiger partial charge on any atom is 0.253 e. The van der Waals surface area contributed by atoms with Crippen molar-refractivity contribution >= 4 is 24.6 Å². The molecule has 1 aliphatic rings. The Hall–Kier alpha value is -1.39. The van der Waals surface area contributed by atoms with Gasteiger partial charge in [-0.3, -0.25) is 9.69 Å². The number of amides is 1. The summed E-state index contributed by atoms with van der Waals surface area (Å²) >= 11 is 0. The van der Waals surface area contributed by atoms with Crippen molar-refractivity contribution in [2.75, 3.05) is 32.7 Å². The van der Waals surface area contributed by atoms with Crippen LogP contribution in [-0.2, 0) is 4.79 Å². The number of halogens is 1. The number of aldehydes is 1. The van der Waals surface area contributed by atoms with Crippen LogP contribution in [0.2, 0.25) is 0 Å². The van der Waals surface area contributed by atoms with Gasteiger partial charge in [-0.25, -0.2) is 0 Å². The van der Waals surface area contributed by atoms with E-state index in [4.69, 9.17) is 0 Å². The van der Waals surface area contributed by atoms with Gasteiger partial charge in [-0.15, -0.1) is 12.4 Å². The van der Waals surface area contributed by atoms with Gasteiger partial charge in [0.25, 0.3) is 5.91 Å². The standard InChI is InChI=1S/C13H16N2O2.ClH/c16-11-10-14-6-8-15(9-7-14)13(17)12-4-2-1-3-5-12;/h1-5,11H,6-10H2;1H. The highest BCUT2D eigenvalue weighted by atomic mass is 35.5. The van der Waals surface area contributed by atoms with Gasteiger partial charge in [-0.05, 0) is 12.1 Å². The lowest BCUT2D eigenvalue weighted by Gasteiger charge is -2.33. The molecule has 1 aromatic carbocycles. The number of hydrogen-bond acceptors (Lipinski definition) is 3. The molecule has 0 radical (unpaired) electrons. The van der Waals surface area contributed by atoms with Crippen LogP contribution in [0.15, 0.2) is 30.3 Å². The molecule has 1 saturated heterocycles. The summed E-state index contributed by atoms with van der Waals surface area (Å²) in [5, 5.41) is 0. The highest BCUT2D eigenvalue weighted by Gasteiger charge is 2.21. The molecule has 18 heavy (non-hydrogen) atoms. The van der Waals surface area contributed by atoms with E-state index in [0.717, 1.165) is 24.9 Å². The van der Waals surface area contributed by atoms with Crippen molar-refractivity contribution in [3.8, 4) is 0 Å². The summed E-state index contributed by atoms with van der Waals surface area (Å²) in [6.45, 7) is 3.41. The van der Waals surface area contributed by atoms with Gasteiger partial charge in [-0.1, -0.05) is 18.2 Å². The van der Waals surface area contributed by atoms with Crippen LogP contribution >= 0.6 is 12.4 Å². The topological polar surface area (TPSA) is 40.6 Å². The molecule has 1 amide bonds. The summed E-state index contributed by atoms with van der Waals surface area (Å²) < 4.78 is 0. The van der Waals surface area contributed by atoms with E-state index in [2.05, 4.69) is 4.90 Å². The van der Waals surface area contributed by atoms with E-state index < -0.39 is 0 Å². The minimum Gasteiger partial charge on any atom is -0.336 e. The molecule has 1 fully saturated rings. The average molecular weight is 269 g/mol. The zero-order chi connectivity index (χ0) is 12.1. The number of nitrogens with zero attached hydrogens (tertiary/aromatic N) is 2. The summed E-state index contributed by atoms with van der Waals surface area (Å²) in [7, 11) is 0. The van der Waals surface area contributed by atoms with Crippen LogP contribution in [0, 0.1) is 0 Å². The fraction of sp³-hybridized carbons (Fsp3) is 0.385. The van der Waals surface area contributed by atoms with Crippen LogP contribution in [0.3, 0.4) is 0 Å². The third-order valence-electron chi connectivity index (χ3n) is 3.01. The van der Waals surface area contributed by atoms with Crippen molar-refractivity contribution in [3.05, 3.63) is 35.9 Å². The molecule has 1 aromatic rings. The number of hydrogen-bond donors (Lipinski definition) is 0. The van der Waals surface area contributed by atoms with Crippen LogP contribution in [0.1, 0.15) is 10.4 Å². The van der Waals surface area contributed by atoms with Gasteiger partial charge in [0.15, 0.2) is 0 Å². The van der Waals surface area contributed by atoms with Crippen LogP contribution in [0.25, 0.3) is 0 Å². The van der Waals surface area contributed by atoms with Gasteiger partial charge in [0.2, 0.25) is 0 Å². The van der Waals surface area contributed by atoms with E-state index in [1.807, 2.05) is 35.2 Å². The molecule has 98 valence electrons. The molecule has 4 nitrogen and oxygen atoms in total. The third-order valence-corrected chi connectivity index (χ3v) is 3.01. The van der Waals surface area contributed by atoms with Crippen LogP contribution in [0.5, 0.6) is 0 Å². The second kappa shape index (κ2) is 7.13. The van der Waals surface area contributed by atoms with Crippen molar-refractivity contribution in [3.63, 3.8) is 0 Å². The van der Waals surface area contributed by atoms with E-state index in [-0.39, 0.29) is 18.3 Å². The molecule has 1 aliphatic heterocycles. The fourth-order valence-corrected chi connectivity index (χ4v) is 2.00. The Balaban J connectivity index is 0.00000162. The van der Waals surface area contributed by atoms with E-state index in [1.54, 1.807) is 0 Å². The smallest absolute Gasteiger partial charge is 0.253 e. The first-order valence-corrected chi connectivity index (χ1v) is 5.81. The monoisotopic (exact) mass is 268 g/mol. The van der Waals surface area contributed by atoms with Gasteiger partial charge in [0.1, 0.15) is 6.29 Å². The zero-order valence-corrected chi connectivity index (χ0v) is 10.9. The molecule has 0 atom stereocenters. The number of carbonyl (C=O) groups excluding carboxylic acids is 2. The Labute approximate surface area is 113 Å². The number of rotatable bonds is 3. The largest absolute Gasteiger partial charge is 0.336 e. The molecule has 0 aliphatic carbocycles. The summed E-state index contributed by atoms with van der Waals surface area (Å²) in [5.41, 5.74) is 0.733. The SMILES string of the molecule is Cl.O=CCN1CCN(C(=O)c2ccccc2)CC1. The molecule has 2 rings (SSSR count). The minimum absolute atomic E-state index is 0. The zero-order valence-electron chi connectivity index (χ0n) is 10.1. The Kier molecular flexibility index (Phi) is 5.82. The second-order valence-corrected chi connectivity index (χ2v) is 4.13. The lowest BCUT2D eigenvalue weighted by Crippen LogP contribution is -2.49. The molecular weight excluding hydrogens is 252 g/mol. The number of carbonyl (C=O) groups is 2. The Morgan fingerprint density at radius 1 is 1.11 bits per heavy atom. The van der Waals surface area contributed by atoms with Crippen molar-refractivity contribution < 1.29 is 9.59 Å². The minimum atomic E-state index is 0. The molecular formula is C13H17ClN2O2. The highest BCUT2D eigenvalue weighted by molar-refractivity contribution is 5.94. The van der Waals surface area contributed by atoms with Gasteiger partial charge in [0, 0.05) is 31.7 Å². The molecule has 0 aromatic heterocycles. The average Bonchev–Trinajstić information content (AvgIpc) is 2.40. The van der Waals surface area contributed by atoms with E-state index in [1.165, 1.54) is 0 Å². The molecule has 1 heterocycles. The van der Waals surface area contributed by atoms with E-state index in [9.17, 15) is 9.59 Å². The lowest BCUT2D eigenvalue weighted by atomic mass is 10.2. The predicted octanol–water partition coefficient (Wildman–Crippen LogP) is 1.07. The lowest BCUT2D eigenvalue weighted by molar-refractivity contribution is -0.109. The Bertz CT molecular complexity index is 389. The molecule has 0 N–H and O–H groups in total. The summed E-state index contributed by atoms with van der Waals surface area (Å²) in [5.74, 6) is 0.0800. The fourth-order valence-electron chi connectivity index (χ4n) is 2.00. The molecule has 0 bridgehead atoms. The summed E-state index contributed by atoms with van der Waals surface area (Å²) in [4.78, 5) is 26.4. The quantitative estimate of drug-likeness (QED) is 0.770. The molecule has 0 spiro atoms. The molecule has 0 saturated carbocycles. The first kappa shape index (κ1) is 14.7. The normalized spacial score (nSPS) is 15.9. The second-order valence-electron chi connectivity index (χ2n) is 4.13. The maximum atomic E-state index is 12.1. The van der Waals surface area contributed by atoms with Crippen molar-refractivity contribution in [1.82, 2.24) is 9.80 Å². The third kappa shape index (κ3) is 3.55. The Morgan fingerprint density at radius 3 is 2.28 bits per heavy atom. The van der Waals surface area contributed by atoms with Crippen LogP contribution in [0.4, 0.5) is 0 Å². The Morgan fingerprint density at radius 2 is 1.72 bits per heavy atom. The maximum absolute atomic E-state index is 12.1. The van der Waals surface area contributed by atoms with Gasteiger partial charge in [-0.2, -0.15) is 0 Å². The first-order chi connectivity index (χ1) is 8.31. The number of piperazine rings is 1. The van der Waals surface area contributed by atoms with E-state index >= 15 is 0 Å². The van der Waals surface area contributed by atoms with Gasteiger partial charge < -0.3 is 9.69 Å².